The lowest BCUT2D eigenvalue weighted by Crippen LogP contribution is -2.15. The largest absolute Gasteiger partial charge is 0.320 e. The van der Waals surface area contributed by atoms with Crippen molar-refractivity contribution in [2.45, 2.75) is 18.7 Å². The molecule has 1 aromatic heterocycles. The van der Waals surface area contributed by atoms with Gasteiger partial charge in [0, 0.05) is 16.2 Å². The third-order valence-corrected chi connectivity index (χ3v) is 3.25. The van der Waals surface area contributed by atoms with Crippen molar-refractivity contribution >= 4 is 27.5 Å². The first-order valence-corrected chi connectivity index (χ1v) is 6.97. The number of hydrogen-bond donors (Lipinski definition) is 1. The molecule has 0 spiro atoms. The highest BCUT2D eigenvalue weighted by Gasteiger charge is 2.12. The molecule has 1 N–H and O–H groups in total. The number of rotatable bonds is 3. The summed E-state index contributed by atoms with van der Waals surface area (Å²) in [7, 11) is 0. The number of amides is 1. The summed E-state index contributed by atoms with van der Waals surface area (Å²) in [6.45, 7) is 3.89. The average Bonchev–Trinajstić information content (AvgIpc) is 2.39. The summed E-state index contributed by atoms with van der Waals surface area (Å²) in [6.07, 6.45) is 0. The van der Waals surface area contributed by atoms with Gasteiger partial charge in [0.2, 0.25) is 0 Å². The van der Waals surface area contributed by atoms with Crippen LogP contribution in [0.1, 0.15) is 33.5 Å². The lowest BCUT2D eigenvalue weighted by atomic mass is 10.1. The molecule has 19 heavy (non-hydrogen) atoms. The molecule has 1 aromatic carbocycles. The number of hydrogen-bond acceptors (Lipinski definition) is 2. The van der Waals surface area contributed by atoms with Crippen LogP contribution in [0.3, 0.4) is 0 Å². The number of halogens is 1. The molecule has 0 aliphatic heterocycles. The average molecular weight is 319 g/mol. The standard InChI is InChI=1S/C15H15BrN2O/c1-10-6-5-9-14(17-10)15(19)18-13-8-4-3-7-12(13)11(2)16/h3-9,11H,1-2H3,(H,18,19). The van der Waals surface area contributed by atoms with Crippen molar-refractivity contribution in [1.82, 2.24) is 4.98 Å². The number of benzene rings is 1. The number of alkyl halides is 1. The highest BCUT2D eigenvalue weighted by Crippen LogP contribution is 2.28. The molecular weight excluding hydrogens is 304 g/mol. The van der Waals surface area contributed by atoms with Crippen molar-refractivity contribution in [3.8, 4) is 0 Å². The van der Waals surface area contributed by atoms with Crippen LogP contribution in [0.15, 0.2) is 42.5 Å². The number of nitrogens with zero attached hydrogens (tertiary/aromatic N) is 1. The SMILES string of the molecule is Cc1cccc(C(=O)Nc2ccccc2C(C)Br)n1. The normalized spacial score (nSPS) is 11.9. The third-order valence-electron chi connectivity index (χ3n) is 2.76. The summed E-state index contributed by atoms with van der Waals surface area (Å²) < 4.78 is 0. The van der Waals surface area contributed by atoms with E-state index in [1.54, 1.807) is 6.07 Å². The van der Waals surface area contributed by atoms with E-state index in [9.17, 15) is 4.79 Å². The van der Waals surface area contributed by atoms with E-state index in [-0.39, 0.29) is 10.7 Å². The van der Waals surface area contributed by atoms with Gasteiger partial charge in [0.1, 0.15) is 5.69 Å². The molecule has 2 aromatic rings. The molecule has 3 nitrogen and oxygen atoms in total. The van der Waals surface area contributed by atoms with Crippen molar-refractivity contribution in [1.29, 1.82) is 0 Å². The molecule has 1 atom stereocenters. The maximum atomic E-state index is 12.2. The third kappa shape index (κ3) is 3.41. The van der Waals surface area contributed by atoms with E-state index < -0.39 is 0 Å². The Morgan fingerprint density at radius 2 is 1.95 bits per heavy atom. The van der Waals surface area contributed by atoms with Gasteiger partial charge in [-0.3, -0.25) is 4.79 Å². The van der Waals surface area contributed by atoms with Gasteiger partial charge in [-0.15, -0.1) is 0 Å². The molecule has 1 amide bonds. The fourth-order valence-corrected chi connectivity index (χ4v) is 2.21. The van der Waals surface area contributed by atoms with E-state index in [2.05, 4.69) is 26.2 Å². The number of pyridine rings is 1. The first kappa shape index (κ1) is 13.7. The molecule has 0 saturated heterocycles. The van der Waals surface area contributed by atoms with Crippen LogP contribution in [0, 0.1) is 6.92 Å². The Morgan fingerprint density at radius 1 is 1.21 bits per heavy atom. The molecule has 0 bridgehead atoms. The van der Waals surface area contributed by atoms with E-state index in [1.807, 2.05) is 50.2 Å². The van der Waals surface area contributed by atoms with E-state index in [0.717, 1.165) is 16.9 Å². The Kier molecular flexibility index (Phi) is 4.32. The second kappa shape index (κ2) is 5.97. The minimum Gasteiger partial charge on any atom is -0.320 e. The second-order valence-electron chi connectivity index (χ2n) is 4.32. The molecule has 0 aliphatic rings. The molecule has 2 rings (SSSR count). The first-order chi connectivity index (χ1) is 9.08. The Bertz CT molecular complexity index is 596. The number of carbonyl (C=O) groups is 1. The molecule has 4 heteroatoms. The number of aryl methyl sites for hydroxylation is 1. The van der Waals surface area contributed by atoms with Crippen LogP contribution in [-0.4, -0.2) is 10.9 Å². The van der Waals surface area contributed by atoms with Gasteiger partial charge in [-0.05, 0) is 37.6 Å². The minimum atomic E-state index is -0.190. The Labute approximate surface area is 121 Å². The lowest BCUT2D eigenvalue weighted by molar-refractivity contribution is 0.102. The molecule has 1 heterocycles. The van der Waals surface area contributed by atoms with Crippen molar-refractivity contribution in [3.05, 3.63) is 59.4 Å². The number of para-hydroxylation sites is 1. The highest BCUT2D eigenvalue weighted by molar-refractivity contribution is 9.09. The highest BCUT2D eigenvalue weighted by atomic mass is 79.9. The minimum absolute atomic E-state index is 0.175. The Hall–Kier alpha value is -1.68. The first-order valence-electron chi connectivity index (χ1n) is 6.06. The van der Waals surface area contributed by atoms with Crippen molar-refractivity contribution in [2.24, 2.45) is 0 Å². The van der Waals surface area contributed by atoms with E-state index >= 15 is 0 Å². The van der Waals surface area contributed by atoms with Gasteiger partial charge >= 0.3 is 0 Å². The van der Waals surface area contributed by atoms with Crippen molar-refractivity contribution in [3.63, 3.8) is 0 Å². The van der Waals surface area contributed by atoms with Crippen LogP contribution in [-0.2, 0) is 0 Å². The van der Waals surface area contributed by atoms with Crippen LogP contribution in [0.4, 0.5) is 5.69 Å². The molecule has 98 valence electrons. The van der Waals surface area contributed by atoms with Gasteiger partial charge in [0.15, 0.2) is 0 Å². The van der Waals surface area contributed by atoms with Gasteiger partial charge in [0.25, 0.3) is 5.91 Å². The quantitative estimate of drug-likeness (QED) is 0.866. The van der Waals surface area contributed by atoms with Gasteiger partial charge in [-0.2, -0.15) is 0 Å². The van der Waals surface area contributed by atoms with Gasteiger partial charge < -0.3 is 5.32 Å². The predicted molar refractivity (Wildman–Crippen MR) is 80.7 cm³/mol. The van der Waals surface area contributed by atoms with Gasteiger partial charge in [-0.1, -0.05) is 40.2 Å². The molecular formula is C15H15BrN2O. The van der Waals surface area contributed by atoms with Crippen LogP contribution < -0.4 is 5.32 Å². The summed E-state index contributed by atoms with van der Waals surface area (Å²) in [5.74, 6) is -0.190. The summed E-state index contributed by atoms with van der Waals surface area (Å²) in [5.41, 5.74) is 3.11. The topological polar surface area (TPSA) is 42.0 Å². The molecule has 1 unspecified atom stereocenters. The fourth-order valence-electron chi connectivity index (χ4n) is 1.81. The zero-order valence-electron chi connectivity index (χ0n) is 10.9. The van der Waals surface area contributed by atoms with Gasteiger partial charge in [-0.25, -0.2) is 4.98 Å². The van der Waals surface area contributed by atoms with Crippen LogP contribution >= 0.6 is 15.9 Å². The lowest BCUT2D eigenvalue weighted by Gasteiger charge is -2.12. The zero-order chi connectivity index (χ0) is 13.8. The molecule has 0 aliphatic carbocycles. The van der Waals surface area contributed by atoms with E-state index in [1.165, 1.54) is 0 Å². The smallest absolute Gasteiger partial charge is 0.274 e. The summed E-state index contributed by atoms with van der Waals surface area (Å²) in [4.78, 5) is 16.5. The Balaban J connectivity index is 2.24. The maximum Gasteiger partial charge on any atom is 0.274 e. The monoisotopic (exact) mass is 318 g/mol. The fraction of sp³-hybridized carbons (Fsp3) is 0.200. The Morgan fingerprint density at radius 3 is 2.63 bits per heavy atom. The van der Waals surface area contributed by atoms with Gasteiger partial charge in [0.05, 0.1) is 0 Å². The zero-order valence-corrected chi connectivity index (χ0v) is 12.4. The predicted octanol–water partition coefficient (Wildman–Crippen LogP) is 4.10. The molecule has 0 saturated carbocycles. The van der Waals surface area contributed by atoms with E-state index in [0.29, 0.717) is 5.69 Å². The number of nitrogens with one attached hydrogen (secondary N) is 1. The van der Waals surface area contributed by atoms with Crippen molar-refractivity contribution < 1.29 is 4.79 Å². The van der Waals surface area contributed by atoms with Crippen LogP contribution in [0.2, 0.25) is 0 Å². The van der Waals surface area contributed by atoms with Crippen LogP contribution in [0.25, 0.3) is 0 Å². The van der Waals surface area contributed by atoms with Crippen LogP contribution in [0.5, 0.6) is 0 Å². The number of aromatic nitrogens is 1. The number of anilines is 1. The molecule has 0 radical (unpaired) electrons. The summed E-state index contributed by atoms with van der Waals surface area (Å²) >= 11 is 3.52. The van der Waals surface area contributed by atoms with E-state index in [4.69, 9.17) is 0 Å². The summed E-state index contributed by atoms with van der Waals surface area (Å²) in [5, 5.41) is 2.90. The second-order valence-corrected chi connectivity index (χ2v) is 5.70. The number of carbonyl (C=O) groups excluding carboxylic acids is 1. The maximum absolute atomic E-state index is 12.2. The molecule has 0 fully saturated rings. The van der Waals surface area contributed by atoms with Crippen molar-refractivity contribution in [2.75, 3.05) is 5.32 Å². The summed E-state index contributed by atoms with van der Waals surface area (Å²) in [6, 6.07) is 13.1.